The van der Waals surface area contributed by atoms with Gasteiger partial charge in [0.2, 0.25) is 0 Å². The van der Waals surface area contributed by atoms with Crippen LogP contribution in [0.25, 0.3) is 0 Å². The zero-order valence-corrected chi connectivity index (χ0v) is 21.8. The van der Waals surface area contributed by atoms with E-state index < -0.39 is 0 Å². The lowest BCUT2D eigenvalue weighted by Gasteiger charge is -2.39. The van der Waals surface area contributed by atoms with Crippen LogP contribution in [0.15, 0.2) is 78.9 Å². The first-order valence-corrected chi connectivity index (χ1v) is 13.2. The second-order valence-electron chi connectivity index (χ2n) is 9.06. The SMILES string of the molecule is ONNCCC#Cc1ccc(OCCCN2CCN(C(c3ccccc3)c3ccc(Cl)cc3)CC2)cc1. The van der Waals surface area contributed by atoms with Crippen LogP contribution in [0.4, 0.5) is 0 Å². The average molecular weight is 519 g/mol. The highest BCUT2D eigenvalue weighted by atomic mass is 35.5. The monoisotopic (exact) mass is 518 g/mol. The minimum atomic E-state index is 0.242. The van der Waals surface area contributed by atoms with Gasteiger partial charge in [-0.1, -0.05) is 65.9 Å². The van der Waals surface area contributed by atoms with Crippen molar-refractivity contribution < 1.29 is 9.94 Å². The molecule has 4 rings (SSSR count). The Morgan fingerprint density at radius 1 is 0.892 bits per heavy atom. The van der Waals surface area contributed by atoms with Gasteiger partial charge in [-0.05, 0) is 53.9 Å². The van der Waals surface area contributed by atoms with E-state index in [1.54, 1.807) is 0 Å². The summed E-state index contributed by atoms with van der Waals surface area (Å²) in [6, 6.07) is 27.1. The number of hydrogen-bond acceptors (Lipinski definition) is 6. The Morgan fingerprint density at radius 3 is 2.30 bits per heavy atom. The van der Waals surface area contributed by atoms with Crippen molar-refractivity contribution in [2.24, 2.45) is 0 Å². The van der Waals surface area contributed by atoms with Crippen LogP contribution in [0.1, 0.15) is 35.6 Å². The summed E-state index contributed by atoms with van der Waals surface area (Å²) in [6.07, 6.45) is 1.64. The fraction of sp³-hybridized carbons (Fsp3) is 0.333. The predicted octanol–water partition coefficient (Wildman–Crippen LogP) is 4.74. The molecule has 194 valence electrons. The van der Waals surface area contributed by atoms with Gasteiger partial charge in [0.1, 0.15) is 5.75 Å². The van der Waals surface area contributed by atoms with Crippen molar-refractivity contribution in [2.45, 2.75) is 18.9 Å². The Hall–Kier alpha value is -2.89. The molecule has 37 heavy (non-hydrogen) atoms. The number of halogens is 1. The van der Waals surface area contributed by atoms with E-state index in [9.17, 15) is 0 Å². The van der Waals surface area contributed by atoms with Crippen molar-refractivity contribution in [3.8, 4) is 17.6 Å². The van der Waals surface area contributed by atoms with E-state index >= 15 is 0 Å². The van der Waals surface area contributed by atoms with Gasteiger partial charge < -0.3 is 14.8 Å². The molecule has 0 amide bonds. The zero-order chi connectivity index (χ0) is 25.7. The molecule has 1 fully saturated rings. The molecule has 1 aliphatic heterocycles. The standard InChI is InChI=1S/C30H35ClN4O2/c31-28-14-12-27(13-15-28)30(26-8-2-1-3-9-26)35-22-20-34(21-23-35)19-6-24-37-29-16-10-25(11-17-29)7-4-5-18-32-33-36/h1-3,8-17,30,32-33,36H,5-6,18-24H2. The van der Waals surface area contributed by atoms with E-state index in [1.165, 1.54) is 11.1 Å². The molecule has 6 nitrogen and oxygen atoms in total. The molecule has 0 saturated carbocycles. The van der Waals surface area contributed by atoms with Gasteiger partial charge in [0.15, 0.2) is 0 Å². The van der Waals surface area contributed by atoms with Crippen molar-refractivity contribution in [3.05, 3.63) is 101 Å². The fourth-order valence-electron chi connectivity index (χ4n) is 4.60. The first-order valence-electron chi connectivity index (χ1n) is 12.8. The Labute approximate surface area is 225 Å². The van der Waals surface area contributed by atoms with E-state index in [0.717, 1.165) is 55.5 Å². The van der Waals surface area contributed by atoms with E-state index in [-0.39, 0.29) is 6.04 Å². The Morgan fingerprint density at radius 2 is 1.59 bits per heavy atom. The lowest BCUT2D eigenvalue weighted by atomic mass is 9.96. The van der Waals surface area contributed by atoms with Crippen molar-refractivity contribution in [2.75, 3.05) is 45.9 Å². The van der Waals surface area contributed by atoms with E-state index in [0.29, 0.717) is 19.6 Å². The van der Waals surface area contributed by atoms with Gasteiger partial charge >= 0.3 is 0 Å². The van der Waals surface area contributed by atoms with Crippen LogP contribution in [0.3, 0.4) is 0 Å². The molecular formula is C30H35ClN4O2. The molecule has 3 aromatic carbocycles. The molecule has 0 radical (unpaired) electrons. The topological polar surface area (TPSA) is 60.0 Å². The fourth-order valence-corrected chi connectivity index (χ4v) is 4.72. The number of ether oxygens (including phenoxy) is 1. The minimum Gasteiger partial charge on any atom is -0.494 e. The molecule has 3 aromatic rings. The molecule has 1 atom stereocenters. The van der Waals surface area contributed by atoms with Crippen molar-refractivity contribution in [1.82, 2.24) is 20.8 Å². The molecule has 1 heterocycles. The summed E-state index contributed by atoms with van der Waals surface area (Å²) < 4.78 is 5.95. The van der Waals surface area contributed by atoms with Crippen LogP contribution >= 0.6 is 11.6 Å². The first kappa shape index (κ1) is 27.2. The Bertz CT molecular complexity index is 1120. The summed E-state index contributed by atoms with van der Waals surface area (Å²) in [4.78, 5) is 5.11. The van der Waals surface area contributed by atoms with Crippen LogP contribution in [0, 0.1) is 11.8 Å². The van der Waals surface area contributed by atoms with E-state index in [1.807, 2.05) is 42.0 Å². The van der Waals surface area contributed by atoms with Gasteiger partial charge in [0, 0.05) is 56.3 Å². The van der Waals surface area contributed by atoms with Crippen LogP contribution in [0.2, 0.25) is 5.02 Å². The van der Waals surface area contributed by atoms with E-state index in [4.69, 9.17) is 21.5 Å². The second-order valence-corrected chi connectivity index (χ2v) is 9.50. The van der Waals surface area contributed by atoms with Gasteiger partial charge in [0.05, 0.1) is 12.6 Å². The molecule has 0 aromatic heterocycles. The highest BCUT2D eigenvalue weighted by molar-refractivity contribution is 6.30. The van der Waals surface area contributed by atoms with E-state index in [2.05, 4.69) is 69.5 Å². The van der Waals surface area contributed by atoms with Crippen LogP contribution < -0.4 is 15.8 Å². The largest absolute Gasteiger partial charge is 0.494 e. The number of nitrogens with one attached hydrogen (secondary N) is 2. The first-order chi connectivity index (χ1) is 18.2. The molecule has 1 unspecified atom stereocenters. The van der Waals surface area contributed by atoms with Crippen molar-refractivity contribution >= 4 is 11.6 Å². The summed E-state index contributed by atoms with van der Waals surface area (Å²) in [5.41, 5.74) is 8.04. The average Bonchev–Trinajstić information content (AvgIpc) is 2.94. The number of benzene rings is 3. The Kier molecular flexibility index (Phi) is 10.8. The number of hydrogen-bond donors (Lipinski definition) is 3. The molecule has 1 aliphatic rings. The molecular weight excluding hydrogens is 484 g/mol. The lowest BCUT2D eigenvalue weighted by Crippen LogP contribution is -2.48. The predicted molar refractivity (Wildman–Crippen MR) is 149 cm³/mol. The maximum atomic E-state index is 8.46. The molecule has 7 heteroatoms. The van der Waals surface area contributed by atoms with Gasteiger partial charge in [-0.15, -0.1) is 5.59 Å². The molecule has 0 spiro atoms. The van der Waals surface area contributed by atoms with Gasteiger partial charge in [0.25, 0.3) is 0 Å². The summed E-state index contributed by atoms with van der Waals surface area (Å²) in [7, 11) is 0. The molecule has 0 bridgehead atoms. The van der Waals surface area contributed by atoms with Crippen LogP contribution in [-0.2, 0) is 0 Å². The summed E-state index contributed by atoms with van der Waals surface area (Å²) in [5, 5.41) is 9.23. The van der Waals surface area contributed by atoms with Crippen molar-refractivity contribution in [3.63, 3.8) is 0 Å². The smallest absolute Gasteiger partial charge is 0.119 e. The van der Waals surface area contributed by atoms with Gasteiger partial charge in [-0.3, -0.25) is 4.90 Å². The van der Waals surface area contributed by atoms with Crippen molar-refractivity contribution in [1.29, 1.82) is 0 Å². The third-order valence-corrected chi connectivity index (χ3v) is 6.75. The summed E-state index contributed by atoms with van der Waals surface area (Å²) in [6.45, 7) is 6.46. The number of hydrazine groups is 1. The number of nitrogens with zero attached hydrogens (tertiary/aromatic N) is 2. The molecule has 1 saturated heterocycles. The molecule has 3 N–H and O–H groups in total. The van der Waals surface area contributed by atoms with Gasteiger partial charge in [-0.2, -0.15) is 0 Å². The molecule has 0 aliphatic carbocycles. The highest BCUT2D eigenvalue weighted by Crippen LogP contribution is 2.30. The van der Waals surface area contributed by atoms with Crippen LogP contribution in [0.5, 0.6) is 5.75 Å². The summed E-state index contributed by atoms with van der Waals surface area (Å²) >= 11 is 6.16. The normalized spacial score (nSPS) is 15.1. The number of rotatable bonds is 11. The Balaban J connectivity index is 1.21. The number of piperazine rings is 1. The second kappa shape index (κ2) is 14.7. The zero-order valence-electron chi connectivity index (χ0n) is 21.1. The third-order valence-electron chi connectivity index (χ3n) is 6.50. The van der Waals surface area contributed by atoms with Gasteiger partial charge in [-0.25, -0.2) is 5.43 Å². The minimum absolute atomic E-state index is 0.242. The highest BCUT2D eigenvalue weighted by Gasteiger charge is 2.26. The quantitative estimate of drug-likeness (QED) is 0.194. The summed E-state index contributed by atoms with van der Waals surface area (Å²) in [5.74, 6) is 7.03. The maximum Gasteiger partial charge on any atom is 0.119 e. The van der Waals surface area contributed by atoms with Crippen LogP contribution in [-0.4, -0.2) is 60.9 Å². The maximum absolute atomic E-state index is 8.46. The lowest BCUT2D eigenvalue weighted by molar-refractivity contribution is 0.105. The third kappa shape index (κ3) is 8.58.